The van der Waals surface area contributed by atoms with Crippen LogP contribution in [-0.2, 0) is 0 Å². The number of nitrogens with two attached hydrogens (primary N) is 1. The third kappa shape index (κ3) is 3.73. The van der Waals surface area contributed by atoms with Gasteiger partial charge in [-0.05, 0) is 51.8 Å². The summed E-state index contributed by atoms with van der Waals surface area (Å²) in [5, 5.41) is 3.55. The van der Waals surface area contributed by atoms with Crippen molar-refractivity contribution in [3.8, 4) is 0 Å². The molecule has 2 heterocycles. The first-order valence-electron chi connectivity index (χ1n) is 7.76. The molecule has 21 heavy (non-hydrogen) atoms. The van der Waals surface area contributed by atoms with Crippen molar-refractivity contribution >= 4 is 11.7 Å². The number of aryl methyl sites for hydroxylation is 1. The normalized spacial score (nSPS) is 18.8. The molecule has 1 amide bonds. The van der Waals surface area contributed by atoms with Crippen molar-refractivity contribution in [3.63, 3.8) is 0 Å². The predicted octanol–water partition coefficient (Wildman–Crippen LogP) is 1.85. The van der Waals surface area contributed by atoms with Gasteiger partial charge in [0.05, 0.1) is 5.56 Å². The molecule has 1 aromatic heterocycles. The van der Waals surface area contributed by atoms with Crippen LogP contribution in [-0.4, -0.2) is 36.1 Å². The van der Waals surface area contributed by atoms with Crippen LogP contribution < -0.4 is 16.0 Å². The lowest BCUT2D eigenvalue weighted by atomic mass is 10.0. The van der Waals surface area contributed by atoms with E-state index in [9.17, 15) is 4.79 Å². The summed E-state index contributed by atoms with van der Waals surface area (Å²) in [5.74, 6) is 0.308. The van der Waals surface area contributed by atoms with Crippen molar-refractivity contribution in [2.75, 3.05) is 18.0 Å². The molecule has 1 aromatic rings. The molecular weight excluding hydrogens is 264 g/mol. The summed E-state index contributed by atoms with van der Waals surface area (Å²) in [6.07, 6.45) is 5.42. The topological polar surface area (TPSA) is 71.2 Å². The van der Waals surface area contributed by atoms with E-state index in [1.54, 1.807) is 6.20 Å². The van der Waals surface area contributed by atoms with E-state index in [0.717, 1.165) is 18.7 Å². The number of carbonyl (C=O) groups is 1. The number of hydrogen-bond donors (Lipinski definition) is 2. The second-order valence-corrected chi connectivity index (χ2v) is 6.08. The second-order valence-electron chi connectivity index (χ2n) is 6.08. The molecule has 1 saturated heterocycles. The monoisotopic (exact) mass is 290 g/mol. The Labute approximate surface area is 126 Å². The number of nitrogens with zero attached hydrogens (tertiary/aromatic N) is 2. The number of pyridine rings is 1. The van der Waals surface area contributed by atoms with E-state index in [0.29, 0.717) is 17.4 Å². The number of aromatic nitrogens is 1. The van der Waals surface area contributed by atoms with Crippen molar-refractivity contribution < 1.29 is 4.79 Å². The lowest BCUT2D eigenvalue weighted by molar-refractivity contribution is 0.0999. The third-order valence-corrected chi connectivity index (χ3v) is 4.11. The van der Waals surface area contributed by atoms with E-state index >= 15 is 0 Å². The van der Waals surface area contributed by atoms with E-state index in [-0.39, 0.29) is 6.04 Å². The smallest absolute Gasteiger partial charge is 0.252 e. The Kier molecular flexibility index (Phi) is 5.17. The molecule has 1 aliphatic rings. The van der Waals surface area contributed by atoms with E-state index in [1.807, 2.05) is 13.0 Å². The van der Waals surface area contributed by atoms with Crippen LogP contribution in [0.25, 0.3) is 0 Å². The first-order chi connectivity index (χ1) is 10.0. The minimum atomic E-state index is -0.405. The zero-order valence-corrected chi connectivity index (χ0v) is 13.2. The summed E-state index contributed by atoms with van der Waals surface area (Å²) in [5.41, 5.74) is 6.99. The Morgan fingerprint density at radius 3 is 2.86 bits per heavy atom. The van der Waals surface area contributed by atoms with Gasteiger partial charge in [0.2, 0.25) is 0 Å². The van der Waals surface area contributed by atoms with Gasteiger partial charge in [0.25, 0.3) is 5.91 Å². The van der Waals surface area contributed by atoms with Crippen LogP contribution in [0.1, 0.15) is 49.0 Å². The summed E-state index contributed by atoms with van der Waals surface area (Å²) >= 11 is 0. The number of amides is 1. The van der Waals surface area contributed by atoms with Gasteiger partial charge in [-0.1, -0.05) is 6.42 Å². The predicted molar refractivity (Wildman–Crippen MR) is 85.6 cm³/mol. The van der Waals surface area contributed by atoms with Crippen molar-refractivity contribution in [2.24, 2.45) is 5.73 Å². The van der Waals surface area contributed by atoms with Crippen molar-refractivity contribution in [1.29, 1.82) is 0 Å². The van der Waals surface area contributed by atoms with Gasteiger partial charge < -0.3 is 16.0 Å². The summed E-state index contributed by atoms with van der Waals surface area (Å²) in [7, 11) is 0. The van der Waals surface area contributed by atoms with Gasteiger partial charge in [0, 0.05) is 24.8 Å². The molecule has 1 aliphatic heterocycles. The van der Waals surface area contributed by atoms with Crippen molar-refractivity contribution in [2.45, 2.75) is 52.1 Å². The highest BCUT2D eigenvalue weighted by atomic mass is 16.1. The van der Waals surface area contributed by atoms with Gasteiger partial charge in [0.1, 0.15) is 5.82 Å². The molecule has 116 valence electrons. The zero-order chi connectivity index (χ0) is 15.4. The minimum absolute atomic E-state index is 0.265. The highest BCUT2D eigenvalue weighted by molar-refractivity contribution is 5.99. The highest BCUT2D eigenvalue weighted by Crippen LogP contribution is 2.23. The van der Waals surface area contributed by atoms with Crippen molar-refractivity contribution in [3.05, 3.63) is 23.4 Å². The van der Waals surface area contributed by atoms with Gasteiger partial charge in [-0.15, -0.1) is 0 Å². The van der Waals surface area contributed by atoms with Crippen LogP contribution in [0.15, 0.2) is 12.3 Å². The number of piperidine rings is 1. The number of hydrogen-bond acceptors (Lipinski definition) is 4. The molecule has 1 fully saturated rings. The van der Waals surface area contributed by atoms with E-state index < -0.39 is 5.91 Å². The van der Waals surface area contributed by atoms with E-state index in [2.05, 4.69) is 29.0 Å². The molecule has 5 nitrogen and oxygen atoms in total. The Bertz CT molecular complexity index is 495. The standard InChI is InChI=1S/C16H26N4O/c1-11(2)20(10-13-6-4-5-8-18-13)16-14(15(17)21)12(3)7-9-19-16/h7,9,11,13,18H,4-6,8,10H2,1-3H3,(H2,17,21). The Balaban J connectivity index is 2.29. The van der Waals surface area contributed by atoms with Crippen LogP contribution in [0.2, 0.25) is 0 Å². The molecule has 3 N–H and O–H groups in total. The Morgan fingerprint density at radius 2 is 2.29 bits per heavy atom. The molecule has 1 unspecified atom stereocenters. The second kappa shape index (κ2) is 6.89. The molecule has 2 rings (SSSR count). The van der Waals surface area contributed by atoms with Crippen LogP contribution in [0.4, 0.5) is 5.82 Å². The molecule has 0 radical (unpaired) electrons. The Morgan fingerprint density at radius 1 is 1.52 bits per heavy atom. The summed E-state index contributed by atoms with van der Waals surface area (Å²) in [4.78, 5) is 18.4. The summed E-state index contributed by atoms with van der Waals surface area (Å²) in [6, 6.07) is 2.55. The van der Waals surface area contributed by atoms with Gasteiger partial charge in [-0.2, -0.15) is 0 Å². The van der Waals surface area contributed by atoms with Crippen LogP contribution in [0, 0.1) is 6.92 Å². The minimum Gasteiger partial charge on any atom is -0.365 e. The van der Waals surface area contributed by atoms with E-state index in [1.165, 1.54) is 19.3 Å². The molecule has 0 spiro atoms. The lowest BCUT2D eigenvalue weighted by Crippen LogP contribution is -2.47. The van der Waals surface area contributed by atoms with Crippen molar-refractivity contribution in [1.82, 2.24) is 10.3 Å². The maximum Gasteiger partial charge on any atom is 0.252 e. The van der Waals surface area contributed by atoms with Gasteiger partial charge in [-0.3, -0.25) is 4.79 Å². The average molecular weight is 290 g/mol. The number of rotatable bonds is 5. The largest absolute Gasteiger partial charge is 0.365 e. The molecule has 0 aliphatic carbocycles. The SMILES string of the molecule is Cc1ccnc(N(CC2CCCCN2)C(C)C)c1C(N)=O. The first-order valence-corrected chi connectivity index (χ1v) is 7.76. The molecule has 5 heteroatoms. The number of primary amides is 1. The maximum atomic E-state index is 11.8. The zero-order valence-electron chi connectivity index (χ0n) is 13.2. The fourth-order valence-corrected chi connectivity index (χ4v) is 2.93. The third-order valence-electron chi connectivity index (χ3n) is 4.11. The van der Waals surface area contributed by atoms with E-state index in [4.69, 9.17) is 5.73 Å². The number of carbonyl (C=O) groups excluding carboxylic acids is 1. The van der Waals surface area contributed by atoms with Gasteiger partial charge in [0.15, 0.2) is 0 Å². The summed E-state index contributed by atoms with van der Waals surface area (Å²) in [6.45, 7) is 8.08. The first kappa shape index (κ1) is 15.8. The van der Waals surface area contributed by atoms with Gasteiger partial charge in [-0.25, -0.2) is 4.98 Å². The quantitative estimate of drug-likeness (QED) is 0.868. The molecule has 0 saturated carbocycles. The van der Waals surface area contributed by atoms with Crippen LogP contribution in [0.5, 0.6) is 0 Å². The van der Waals surface area contributed by atoms with Crippen LogP contribution >= 0.6 is 0 Å². The highest BCUT2D eigenvalue weighted by Gasteiger charge is 2.24. The van der Waals surface area contributed by atoms with Crippen LogP contribution in [0.3, 0.4) is 0 Å². The molecular formula is C16H26N4O. The lowest BCUT2D eigenvalue weighted by Gasteiger charge is -2.35. The number of anilines is 1. The molecule has 0 aromatic carbocycles. The molecule has 0 bridgehead atoms. The number of nitrogens with one attached hydrogen (secondary N) is 1. The fraction of sp³-hybridized carbons (Fsp3) is 0.625. The van der Waals surface area contributed by atoms with Gasteiger partial charge >= 0.3 is 0 Å². The Hall–Kier alpha value is -1.62. The maximum absolute atomic E-state index is 11.8. The molecule has 1 atom stereocenters. The fourth-order valence-electron chi connectivity index (χ4n) is 2.93. The average Bonchev–Trinajstić information content (AvgIpc) is 2.45. The summed E-state index contributed by atoms with van der Waals surface area (Å²) < 4.78 is 0.